The molecule has 0 heterocycles. The molecule has 2 rings (SSSR count). The SMILES string of the molecule is N#CC(Cl)(c1ccccc1)c1ccc(Cl)cc1. The van der Waals surface area contributed by atoms with Gasteiger partial charge in [0.15, 0.2) is 4.87 Å². The average Bonchev–Trinajstić information content (AvgIpc) is 2.40. The van der Waals surface area contributed by atoms with Crippen LogP contribution >= 0.6 is 23.2 Å². The van der Waals surface area contributed by atoms with Crippen molar-refractivity contribution in [2.24, 2.45) is 0 Å². The van der Waals surface area contributed by atoms with Crippen molar-refractivity contribution in [3.8, 4) is 6.07 Å². The van der Waals surface area contributed by atoms with Gasteiger partial charge < -0.3 is 0 Å². The maximum absolute atomic E-state index is 9.35. The van der Waals surface area contributed by atoms with Crippen LogP contribution in [0.4, 0.5) is 0 Å². The van der Waals surface area contributed by atoms with Gasteiger partial charge in [0.05, 0.1) is 6.07 Å². The predicted molar refractivity (Wildman–Crippen MR) is 70.1 cm³/mol. The standard InChI is InChI=1S/C14H9Cl2N/c15-13-8-6-12(7-9-13)14(16,10-17)11-4-2-1-3-5-11/h1-9H. The Kier molecular flexibility index (Phi) is 3.38. The van der Waals surface area contributed by atoms with Gasteiger partial charge in [0.25, 0.3) is 0 Å². The van der Waals surface area contributed by atoms with E-state index in [2.05, 4.69) is 6.07 Å². The number of nitriles is 1. The molecule has 1 nitrogen and oxygen atoms in total. The van der Waals surface area contributed by atoms with E-state index in [1.165, 1.54) is 0 Å². The molecule has 0 radical (unpaired) electrons. The van der Waals surface area contributed by atoms with E-state index in [0.717, 1.165) is 11.1 Å². The predicted octanol–water partition coefficient (Wildman–Crippen LogP) is 4.35. The molecule has 0 aliphatic carbocycles. The van der Waals surface area contributed by atoms with E-state index in [0.29, 0.717) is 5.02 Å². The molecule has 3 heteroatoms. The molecule has 0 aliphatic heterocycles. The van der Waals surface area contributed by atoms with Gasteiger partial charge in [-0.2, -0.15) is 5.26 Å². The fourth-order valence-electron chi connectivity index (χ4n) is 1.64. The van der Waals surface area contributed by atoms with Crippen molar-refractivity contribution in [1.29, 1.82) is 5.26 Å². The van der Waals surface area contributed by atoms with E-state index < -0.39 is 4.87 Å². The van der Waals surface area contributed by atoms with Crippen LogP contribution in [0, 0.1) is 11.3 Å². The van der Waals surface area contributed by atoms with Crippen LogP contribution < -0.4 is 0 Å². The van der Waals surface area contributed by atoms with Crippen LogP contribution in [0.25, 0.3) is 0 Å². The number of alkyl halides is 1. The van der Waals surface area contributed by atoms with Crippen LogP contribution in [0.5, 0.6) is 0 Å². The number of halogens is 2. The smallest absolute Gasteiger partial charge is 0.180 e. The van der Waals surface area contributed by atoms with E-state index in [1.807, 2.05) is 30.3 Å². The average molecular weight is 262 g/mol. The fourth-order valence-corrected chi connectivity index (χ4v) is 2.02. The summed E-state index contributed by atoms with van der Waals surface area (Å²) in [4.78, 5) is -1.16. The highest BCUT2D eigenvalue weighted by molar-refractivity contribution is 6.31. The monoisotopic (exact) mass is 261 g/mol. The van der Waals surface area contributed by atoms with E-state index in [-0.39, 0.29) is 0 Å². The Hall–Kier alpha value is -1.49. The largest absolute Gasteiger partial charge is 0.196 e. The van der Waals surface area contributed by atoms with Crippen LogP contribution in [-0.4, -0.2) is 0 Å². The van der Waals surface area contributed by atoms with E-state index in [9.17, 15) is 5.26 Å². The summed E-state index contributed by atoms with van der Waals surface area (Å²) in [6, 6.07) is 18.4. The molecule has 0 spiro atoms. The second-order valence-electron chi connectivity index (χ2n) is 3.64. The minimum absolute atomic E-state index is 0.624. The van der Waals surface area contributed by atoms with Crippen LogP contribution in [-0.2, 0) is 4.87 Å². The molecule has 0 aliphatic rings. The number of hydrogen-bond acceptors (Lipinski definition) is 1. The van der Waals surface area contributed by atoms with Crippen molar-refractivity contribution in [2.45, 2.75) is 4.87 Å². The molecule has 1 atom stereocenters. The number of rotatable bonds is 2. The van der Waals surface area contributed by atoms with Gasteiger partial charge in [0, 0.05) is 5.02 Å². The molecular formula is C14H9Cl2N. The zero-order chi connectivity index (χ0) is 12.3. The number of hydrogen-bond donors (Lipinski definition) is 0. The van der Waals surface area contributed by atoms with Crippen molar-refractivity contribution >= 4 is 23.2 Å². The molecule has 0 amide bonds. The molecule has 0 saturated heterocycles. The second kappa shape index (κ2) is 4.79. The lowest BCUT2D eigenvalue weighted by molar-refractivity contribution is 0.938. The first-order chi connectivity index (χ1) is 8.16. The lowest BCUT2D eigenvalue weighted by atomic mass is 9.92. The third kappa shape index (κ3) is 2.29. The Labute approximate surface area is 110 Å². The van der Waals surface area contributed by atoms with Gasteiger partial charge in [-0.3, -0.25) is 0 Å². The van der Waals surface area contributed by atoms with Crippen molar-refractivity contribution in [3.63, 3.8) is 0 Å². The highest BCUT2D eigenvalue weighted by Gasteiger charge is 2.31. The van der Waals surface area contributed by atoms with Crippen LogP contribution in [0.1, 0.15) is 11.1 Å². The van der Waals surface area contributed by atoms with Crippen molar-refractivity contribution < 1.29 is 0 Å². The molecular weight excluding hydrogens is 253 g/mol. The number of nitrogens with zero attached hydrogens (tertiary/aromatic N) is 1. The zero-order valence-corrected chi connectivity index (χ0v) is 10.4. The van der Waals surface area contributed by atoms with Crippen LogP contribution in [0.2, 0.25) is 5.02 Å². The summed E-state index contributed by atoms with van der Waals surface area (Å²) in [6.45, 7) is 0. The van der Waals surface area contributed by atoms with Gasteiger partial charge in [0.2, 0.25) is 0 Å². The van der Waals surface area contributed by atoms with Crippen molar-refractivity contribution in [2.75, 3.05) is 0 Å². The second-order valence-corrected chi connectivity index (χ2v) is 4.65. The summed E-state index contributed by atoms with van der Waals surface area (Å²) in [7, 11) is 0. The Bertz CT molecular complexity index is 543. The maximum Gasteiger partial charge on any atom is 0.180 e. The molecule has 0 fully saturated rings. The first-order valence-electron chi connectivity index (χ1n) is 5.08. The van der Waals surface area contributed by atoms with Crippen LogP contribution in [0.3, 0.4) is 0 Å². The normalized spacial score (nSPS) is 13.7. The van der Waals surface area contributed by atoms with Crippen molar-refractivity contribution in [1.82, 2.24) is 0 Å². The Balaban J connectivity index is 2.53. The maximum atomic E-state index is 9.35. The first-order valence-corrected chi connectivity index (χ1v) is 5.84. The lowest BCUT2D eigenvalue weighted by Crippen LogP contribution is -2.17. The molecule has 1 unspecified atom stereocenters. The van der Waals surface area contributed by atoms with E-state index >= 15 is 0 Å². The summed E-state index contributed by atoms with van der Waals surface area (Å²) in [5.41, 5.74) is 1.48. The molecule has 0 bridgehead atoms. The summed E-state index contributed by atoms with van der Waals surface area (Å²) < 4.78 is 0. The van der Waals surface area contributed by atoms with Gasteiger partial charge >= 0.3 is 0 Å². The van der Waals surface area contributed by atoms with Crippen molar-refractivity contribution in [3.05, 3.63) is 70.7 Å². The molecule has 0 N–H and O–H groups in total. The third-order valence-corrected chi connectivity index (χ3v) is 3.34. The highest BCUT2D eigenvalue weighted by atomic mass is 35.5. The van der Waals surface area contributed by atoms with Gasteiger partial charge in [-0.1, -0.05) is 65.7 Å². The quantitative estimate of drug-likeness (QED) is 0.738. The minimum Gasteiger partial charge on any atom is -0.196 e. The zero-order valence-electron chi connectivity index (χ0n) is 8.90. The molecule has 17 heavy (non-hydrogen) atoms. The van der Waals surface area contributed by atoms with Gasteiger partial charge in [-0.25, -0.2) is 0 Å². The molecule has 2 aromatic carbocycles. The minimum atomic E-state index is -1.16. The Morgan fingerprint density at radius 1 is 0.882 bits per heavy atom. The highest BCUT2D eigenvalue weighted by Crippen LogP contribution is 2.36. The van der Waals surface area contributed by atoms with Crippen LogP contribution in [0.15, 0.2) is 54.6 Å². The Morgan fingerprint density at radius 2 is 1.41 bits per heavy atom. The van der Waals surface area contributed by atoms with Gasteiger partial charge in [0.1, 0.15) is 0 Å². The van der Waals surface area contributed by atoms with E-state index in [4.69, 9.17) is 23.2 Å². The first kappa shape index (κ1) is 12.0. The molecule has 2 aromatic rings. The topological polar surface area (TPSA) is 23.8 Å². The number of benzene rings is 2. The Morgan fingerprint density at radius 3 is 1.94 bits per heavy atom. The lowest BCUT2D eigenvalue weighted by Gasteiger charge is -2.20. The molecule has 0 aromatic heterocycles. The molecule has 84 valence electrons. The van der Waals surface area contributed by atoms with Gasteiger partial charge in [-0.05, 0) is 23.3 Å². The van der Waals surface area contributed by atoms with E-state index in [1.54, 1.807) is 24.3 Å². The third-order valence-electron chi connectivity index (χ3n) is 2.57. The summed E-state index contributed by atoms with van der Waals surface area (Å²) in [5, 5.41) is 9.97. The summed E-state index contributed by atoms with van der Waals surface area (Å²) in [5.74, 6) is 0. The summed E-state index contributed by atoms with van der Waals surface area (Å²) in [6.07, 6.45) is 0. The molecule has 0 saturated carbocycles. The van der Waals surface area contributed by atoms with Gasteiger partial charge in [-0.15, -0.1) is 0 Å². The summed E-state index contributed by atoms with van der Waals surface area (Å²) >= 11 is 12.2. The fraction of sp³-hybridized carbons (Fsp3) is 0.0714.